The highest BCUT2D eigenvalue weighted by Crippen LogP contribution is 2.26. The molecule has 5 nitrogen and oxygen atoms in total. The van der Waals surface area contributed by atoms with Gasteiger partial charge in [-0.1, -0.05) is 35.5 Å². The van der Waals surface area contributed by atoms with Crippen molar-refractivity contribution in [3.63, 3.8) is 0 Å². The van der Waals surface area contributed by atoms with Gasteiger partial charge in [0.2, 0.25) is 11.7 Å². The van der Waals surface area contributed by atoms with Crippen LogP contribution >= 0.6 is 11.3 Å². The van der Waals surface area contributed by atoms with Gasteiger partial charge in [-0.05, 0) is 30.7 Å². The summed E-state index contributed by atoms with van der Waals surface area (Å²) in [5.74, 6) is 2.00. The monoisotopic (exact) mass is 363 g/mol. The normalized spacial score (nSPS) is 10.8. The zero-order valence-electron chi connectivity index (χ0n) is 14.5. The van der Waals surface area contributed by atoms with Crippen LogP contribution in [-0.2, 0) is 6.42 Å². The van der Waals surface area contributed by atoms with Crippen LogP contribution in [-0.4, -0.2) is 22.2 Å². The van der Waals surface area contributed by atoms with E-state index in [9.17, 15) is 0 Å². The zero-order chi connectivity index (χ0) is 17.9. The number of nitrogens with zero attached hydrogens (tertiary/aromatic N) is 3. The number of thiazole rings is 1. The first-order chi connectivity index (χ1) is 12.7. The van der Waals surface area contributed by atoms with E-state index in [-0.39, 0.29) is 0 Å². The molecule has 0 saturated heterocycles. The van der Waals surface area contributed by atoms with Crippen LogP contribution in [0.1, 0.15) is 16.5 Å². The average molecular weight is 363 g/mol. The maximum Gasteiger partial charge on any atom is 0.231 e. The molecule has 4 aromatic rings. The summed E-state index contributed by atoms with van der Waals surface area (Å²) in [7, 11) is 1.65. The third kappa shape index (κ3) is 3.50. The second-order valence-corrected chi connectivity index (χ2v) is 6.93. The molecule has 130 valence electrons. The van der Waals surface area contributed by atoms with Crippen molar-refractivity contribution in [2.24, 2.45) is 0 Å². The minimum absolute atomic E-state index is 0.583. The van der Waals surface area contributed by atoms with Crippen LogP contribution in [0, 0.1) is 6.92 Å². The van der Waals surface area contributed by atoms with Crippen LogP contribution in [0.2, 0.25) is 0 Å². The lowest BCUT2D eigenvalue weighted by Gasteiger charge is -2.00. The maximum atomic E-state index is 5.42. The van der Waals surface area contributed by atoms with Crippen LogP contribution in [0.15, 0.2) is 58.4 Å². The molecule has 0 spiro atoms. The number of aromatic nitrogens is 3. The molecular formula is C20H17N3O2S. The van der Waals surface area contributed by atoms with Crippen molar-refractivity contribution >= 4 is 11.3 Å². The summed E-state index contributed by atoms with van der Waals surface area (Å²) in [6.45, 7) is 2.00. The molecule has 0 unspecified atom stereocenters. The predicted octanol–water partition coefficient (Wildman–Crippen LogP) is 4.77. The van der Waals surface area contributed by atoms with E-state index in [1.165, 1.54) is 0 Å². The van der Waals surface area contributed by atoms with Crippen molar-refractivity contribution in [2.75, 3.05) is 7.11 Å². The lowest BCUT2D eigenvalue weighted by molar-refractivity contribution is 0.385. The first-order valence-corrected chi connectivity index (χ1v) is 9.08. The molecule has 2 heterocycles. The largest absolute Gasteiger partial charge is 0.497 e. The summed E-state index contributed by atoms with van der Waals surface area (Å²) in [5, 5.41) is 7.23. The highest BCUT2D eigenvalue weighted by atomic mass is 32.1. The number of aryl methyl sites for hydroxylation is 1. The van der Waals surface area contributed by atoms with Crippen LogP contribution in [0.3, 0.4) is 0 Å². The third-order valence-electron chi connectivity index (χ3n) is 4.02. The summed E-state index contributed by atoms with van der Waals surface area (Å²) in [6.07, 6.45) is 0.585. The summed E-state index contributed by atoms with van der Waals surface area (Å²) >= 11 is 1.64. The van der Waals surface area contributed by atoms with Crippen LogP contribution in [0.4, 0.5) is 0 Å². The van der Waals surface area contributed by atoms with Crippen LogP contribution in [0.25, 0.3) is 22.6 Å². The van der Waals surface area contributed by atoms with E-state index in [2.05, 4.69) is 20.5 Å². The van der Waals surface area contributed by atoms with E-state index < -0.39 is 0 Å². The molecule has 0 aliphatic heterocycles. The van der Waals surface area contributed by atoms with Gasteiger partial charge in [0.05, 0.1) is 24.2 Å². The predicted molar refractivity (Wildman–Crippen MR) is 101 cm³/mol. The standard InChI is InChI=1S/C20H17N3O2S/c1-13-21-18(12-26-13)15-4-3-5-16(11-15)20-22-19(25-23-20)10-14-6-8-17(24-2)9-7-14/h3-9,11-12H,10H2,1-2H3. The number of rotatable bonds is 5. The fourth-order valence-corrected chi connectivity index (χ4v) is 3.30. The summed E-state index contributed by atoms with van der Waals surface area (Å²) in [5.41, 5.74) is 4.02. The number of ether oxygens (including phenoxy) is 1. The van der Waals surface area contributed by atoms with Crippen molar-refractivity contribution in [1.82, 2.24) is 15.1 Å². The molecule has 2 aromatic heterocycles. The van der Waals surface area contributed by atoms with Crippen molar-refractivity contribution < 1.29 is 9.26 Å². The highest BCUT2D eigenvalue weighted by molar-refractivity contribution is 7.09. The van der Waals surface area contributed by atoms with Crippen molar-refractivity contribution in [3.8, 4) is 28.4 Å². The summed E-state index contributed by atoms with van der Waals surface area (Å²) < 4.78 is 10.6. The Morgan fingerprint density at radius 3 is 2.58 bits per heavy atom. The quantitative estimate of drug-likeness (QED) is 0.511. The Kier molecular flexibility index (Phi) is 4.50. The average Bonchev–Trinajstić information content (AvgIpc) is 3.32. The SMILES string of the molecule is COc1ccc(Cc2nc(-c3cccc(-c4csc(C)n4)c3)no2)cc1. The van der Waals surface area contributed by atoms with E-state index in [1.807, 2.05) is 55.5 Å². The zero-order valence-corrected chi connectivity index (χ0v) is 15.3. The van der Waals surface area contributed by atoms with Gasteiger partial charge in [0.25, 0.3) is 0 Å². The molecule has 0 aliphatic carbocycles. The van der Waals surface area contributed by atoms with Gasteiger partial charge >= 0.3 is 0 Å². The topological polar surface area (TPSA) is 61.0 Å². The molecule has 26 heavy (non-hydrogen) atoms. The molecule has 0 radical (unpaired) electrons. The van der Waals surface area contributed by atoms with Gasteiger partial charge in [-0.25, -0.2) is 4.98 Å². The molecule has 0 amide bonds. The molecule has 0 atom stereocenters. The van der Waals surface area contributed by atoms with E-state index >= 15 is 0 Å². The maximum absolute atomic E-state index is 5.42. The molecule has 2 aromatic carbocycles. The molecule has 0 fully saturated rings. The smallest absolute Gasteiger partial charge is 0.231 e. The van der Waals surface area contributed by atoms with E-state index in [1.54, 1.807) is 18.4 Å². The fourth-order valence-electron chi connectivity index (χ4n) is 2.68. The molecule has 6 heteroatoms. The Labute approximate surface area is 155 Å². The molecule has 0 saturated carbocycles. The number of hydrogen-bond donors (Lipinski definition) is 0. The van der Waals surface area contributed by atoms with Gasteiger partial charge in [-0.2, -0.15) is 4.98 Å². The van der Waals surface area contributed by atoms with E-state index in [0.717, 1.165) is 33.1 Å². The van der Waals surface area contributed by atoms with Crippen molar-refractivity contribution in [2.45, 2.75) is 13.3 Å². The van der Waals surface area contributed by atoms with Crippen molar-refractivity contribution in [1.29, 1.82) is 0 Å². The van der Waals surface area contributed by atoms with Crippen molar-refractivity contribution in [3.05, 3.63) is 70.4 Å². The second kappa shape index (κ2) is 7.09. The second-order valence-electron chi connectivity index (χ2n) is 5.87. The van der Waals surface area contributed by atoms with Gasteiger partial charge < -0.3 is 9.26 Å². The van der Waals surface area contributed by atoms with Gasteiger partial charge in [-0.15, -0.1) is 11.3 Å². The van der Waals surface area contributed by atoms with Gasteiger partial charge in [0, 0.05) is 16.5 Å². The summed E-state index contributed by atoms with van der Waals surface area (Å²) in [4.78, 5) is 9.07. The highest BCUT2D eigenvalue weighted by Gasteiger charge is 2.11. The minimum atomic E-state index is 0.583. The number of methoxy groups -OCH3 is 1. The molecule has 4 rings (SSSR count). The molecule has 0 bridgehead atoms. The van der Waals surface area contributed by atoms with Gasteiger partial charge in [0.15, 0.2) is 0 Å². The Balaban J connectivity index is 1.55. The molecule has 0 aliphatic rings. The van der Waals surface area contributed by atoms with Crippen LogP contribution in [0.5, 0.6) is 5.75 Å². The Morgan fingerprint density at radius 1 is 1.04 bits per heavy atom. The van der Waals surface area contributed by atoms with Crippen LogP contribution < -0.4 is 4.74 Å². The first-order valence-electron chi connectivity index (χ1n) is 8.20. The van der Waals surface area contributed by atoms with Gasteiger partial charge in [0.1, 0.15) is 5.75 Å². The first kappa shape index (κ1) is 16.5. The lowest BCUT2D eigenvalue weighted by Crippen LogP contribution is -1.90. The number of benzene rings is 2. The molecule has 0 N–H and O–H groups in total. The Bertz CT molecular complexity index is 1020. The van der Waals surface area contributed by atoms with Gasteiger partial charge in [-0.3, -0.25) is 0 Å². The summed E-state index contributed by atoms with van der Waals surface area (Å²) in [6, 6.07) is 15.9. The Hall–Kier alpha value is -2.99. The number of hydrogen-bond acceptors (Lipinski definition) is 6. The van der Waals surface area contributed by atoms with E-state index in [4.69, 9.17) is 9.26 Å². The minimum Gasteiger partial charge on any atom is -0.497 e. The fraction of sp³-hybridized carbons (Fsp3) is 0.150. The lowest BCUT2D eigenvalue weighted by atomic mass is 10.1. The Morgan fingerprint density at radius 2 is 1.85 bits per heavy atom. The molecular weight excluding hydrogens is 346 g/mol. The van der Waals surface area contributed by atoms with E-state index in [0.29, 0.717) is 18.1 Å². The third-order valence-corrected chi connectivity index (χ3v) is 4.79.